The molecule has 4 rings (SSSR count). The molecule has 0 saturated carbocycles. The minimum atomic E-state index is -0.187. The van der Waals surface area contributed by atoms with Gasteiger partial charge in [0.25, 0.3) is 5.91 Å². The van der Waals surface area contributed by atoms with Crippen molar-refractivity contribution in [1.29, 1.82) is 5.26 Å². The van der Waals surface area contributed by atoms with E-state index in [1.54, 1.807) is 18.2 Å². The van der Waals surface area contributed by atoms with Gasteiger partial charge in [-0.25, -0.2) is 4.98 Å². The molecule has 0 spiro atoms. The summed E-state index contributed by atoms with van der Waals surface area (Å²) in [4.78, 5) is 16.9. The van der Waals surface area contributed by atoms with Crippen LogP contribution in [0.3, 0.4) is 0 Å². The fraction of sp³-hybridized carbons (Fsp3) is 0.375. The molecule has 0 aliphatic carbocycles. The highest BCUT2D eigenvalue weighted by Crippen LogP contribution is 2.30. The van der Waals surface area contributed by atoms with Crippen LogP contribution >= 0.6 is 0 Å². The predicted octanol–water partition coefficient (Wildman–Crippen LogP) is 3.67. The lowest BCUT2D eigenvalue weighted by Gasteiger charge is -2.16. The van der Waals surface area contributed by atoms with Gasteiger partial charge in [0.2, 0.25) is 5.89 Å². The second kappa shape index (κ2) is 9.29. The van der Waals surface area contributed by atoms with Crippen LogP contribution in [0.15, 0.2) is 46.9 Å². The predicted molar refractivity (Wildman–Crippen MR) is 117 cm³/mol. The molecule has 2 N–H and O–H groups in total. The lowest BCUT2D eigenvalue weighted by atomic mass is 10.00. The number of aromatic nitrogens is 1. The Morgan fingerprint density at radius 3 is 2.87 bits per heavy atom. The zero-order valence-corrected chi connectivity index (χ0v) is 17.7. The van der Waals surface area contributed by atoms with Crippen molar-refractivity contribution in [3.63, 3.8) is 0 Å². The zero-order valence-electron chi connectivity index (χ0n) is 17.7. The molecule has 3 aromatic rings. The normalized spacial score (nSPS) is 19.2. The molecule has 31 heavy (non-hydrogen) atoms. The average Bonchev–Trinajstić information content (AvgIpc) is 3.07. The van der Waals surface area contributed by atoms with E-state index in [-0.39, 0.29) is 24.0 Å². The lowest BCUT2D eigenvalue weighted by molar-refractivity contribution is 0.0467. The molecule has 0 bridgehead atoms. The maximum atomic E-state index is 12.3. The average molecular weight is 418 g/mol. The fourth-order valence-corrected chi connectivity index (χ4v) is 3.73. The molecule has 1 fully saturated rings. The molecule has 2 atom stereocenters. The topological polar surface area (TPSA) is 100 Å². The summed E-state index contributed by atoms with van der Waals surface area (Å²) in [5, 5.41) is 15.7. The minimum absolute atomic E-state index is 0.0917. The SMILES string of the molecule is CC(C)c1cc(C#N)cc2nc(C3CO[C@H](CNC(=O)c4ccccc4)CCN3)oc12. The van der Waals surface area contributed by atoms with Gasteiger partial charge in [-0.2, -0.15) is 5.26 Å². The Hall–Kier alpha value is -3.21. The number of hydrogen-bond donors (Lipinski definition) is 2. The third-order valence-corrected chi connectivity index (χ3v) is 5.47. The van der Waals surface area contributed by atoms with E-state index in [1.807, 2.05) is 24.3 Å². The maximum Gasteiger partial charge on any atom is 0.251 e. The highest BCUT2D eigenvalue weighted by molar-refractivity contribution is 5.94. The summed E-state index contributed by atoms with van der Waals surface area (Å²) in [5.74, 6) is 0.667. The maximum absolute atomic E-state index is 12.3. The Balaban J connectivity index is 1.43. The number of carbonyl (C=O) groups excluding carboxylic acids is 1. The standard InChI is InChI=1S/C24H26N4O3/c1-15(2)19-10-16(12-25)11-20-22(19)31-24(28-20)21-14-30-18(8-9-26-21)13-27-23(29)17-6-4-3-5-7-17/h3-7,10-11,15,18,21,26H,8-9,13-14H2,1-2H3,(H,27,29)/t18-,21?/m0/s1. The molecule has 7 heteroatoms. The van der Waals surface area contributed by atoms with Gasteiger partial charge in [-0.3, -0.25) is 4.79 Å². The van der Waals surface area contributed by atoms with Crippen LogP contribution in [0.25, 0.3) is 11.1 Å². The zero-order chi connectivity index (χ0) is 21.8. The third-order valence-electron chi connectivity index (χ3n) is 5.47. The van der Waals surface area contributed by atoms with E-state index in [0.29, 0.717) is 35.7 Å². The summed E-state index contributed by atoms with van der Waals surface area (Å²) in [7, 11) is 0. The van der Waals surface area contributed by atoms with E-state index >= 15 is 0 Å². The van der Waals surface area contributed by atoms with Crippen molar-refractivity contribution in [1.82, 2.24) is 15.6 Å². The van der Waals surface area contributed by atoms with Crippen molar-refractivity contribution >= 4 is 17.0 Å². The molecule has 0 radical (unpaired) electrons. The molecule has 1 saturated heterocycles. The first kappa shape index (κ1) is 21.0. The van der Waals surface area contributed by atoms with Gasteiger partial charge in [-0.1, -0.05) is 32.0 Å². The summed E-state index contributed by atoms with van der Waals surface area (Å²) in [6, 6.07) is 14.8. The van der Waals surface area contributed by atoms with Crippen LogP contribution in [0.2, 0.25) is 0 Å². The van der Waals surface area contributed by atoms with Crippen LogP contribution in [0.4, 0.5) is 0 Å². The second-order valence-electron chi connectivity index (χ2n) is 8.06. The summed E-state index contributed by atoms with van der Waals surface area (Å²) >= 11 is 0. The van der Waals surface area contributed by atoms with E-state index in [2.05, 4.69) is 35.5 Å². The molecular formula is C24H26N4O3. The quantitative estimate of drug-likeness (QED) is 0.656. The molecule has 2 aromatic carbocycles. The van der Waals surface area contributed by atoms with Gasteiger partial charge in [0.1, 0.15) is 11.6 Å². The largest absolute Gasteiger partial charge is 0.439 e. The van der Waals surface area contributed by atoms with Crippen LogP contribution in [0, 0.1) is 11.3 Å². The molecule has 1 aliphatic rings. The number of ether oxygens (including phenoxy) is 1. The van der Waals surface area contributed by atoms with Gasteiger partial charge in [0.05, 0.1) is 24.3 Å². The Morgan fingerprint density at radius 1 is 1.32 bits per heavy atom. The second-order valence-corrected chi connectivity index (χ2v) is 8.06. The number of fused-ring (bicyclic) bond motifs is 1. The highest BCUT2D eigenvalue weighted by atomic mass is 16.5. The third kappa shape index (κ3) is 4.76. The Morgan fingerprint density at radius 2 is 2.13 bits per heavy atom. The Bertz CT molecular complexity index is 1100. The first-order valence-corrected chi connectivity index (χ1v) is 10.6. The van der Waals surface area contributed by atoms with Crippen molar-refractivity contribution in [3.05, 3.63) is 65.0 Å². The summed E-state index contributed by atoms with van der Waals surface area (Å²) in [6.07, 6.45) is 0.674. The monoisotopic (exact) mass is 418 g/mol. The number of nitrogens with one attached hydrogen (secondary N) is 2. The molecule has 1 aromatic heterocycles. The van der Waals surface area contributed by atoms with Gasteiger partial charge in [-0.05, 0) is 43.1 Å². The van der Waals surface area contributed by atoms with Gasteiger partial charge >= 0.3 is 0 Å². The number of hydrogen-bond acceptors (Lipinski definition) is 6. The van der Waals surface area contributed by atoms with E-state index < -0.39 is 0 Å². The number of nitrogens with zero attached hydrogens (tertiary/aromatic N) is 2. The van der Waals surface area contributed by atoms with Crippen LogP contribution in [-0.4, -0.2) is 36.7 Å². The van der Waals surface area contributed by atoms with Crippen LogP contribution in [0.1, 0.15) is 59.6 Å². The van der Waals surface area contributed by atoms with Gasteiger partial charge in [0, 0.05) is 17.7 Å². The van der Waals surface area contributed by atoms with E-state index in [0.717, 1.165) is 24.1 Å². The van der Waals surface area contributed by atoms with E-state index in [4.69, 9.17) is 9.15 Å². The Labute approximate surface area is 181 Å². The van der Waals surface area contributed by atoms with Crippen LogP contribution in [-0.2, 0) is 4.74 Å². The molecule has 1 aliphatic heterocycles. The number of rotatable bonds is 5. The molecule has 160 valence electrons. The van der Waals surface area contributed by atoms with Crippen molar-refractivity contribution in [2.45, 2.75) is 38.3 Å². The summed E-state index contributed by atoms with van der Waals surface area (Å²) < 4.78 is 12.2. The van der Waals surface area contributed by atoms with Crippen molar-refractivity contribution in [2.75, 3.05) is 19.7 Å². The first-order chi connectivity index (χ1) is 15.0. The first-order valence-electron chi connectivity index (χ1n) is 10.6. The smallest absolute Gasteiger partial charge is 0.251 e. The molecule has 1 amide bonds. The lowest BCUT2D eigenvalue weighted by Crippen LogP contribution is -2.34. The minimum Gasteiger partial charge on any atom is -0.439 e. The number of carbonyl (C=O) groups is 1. The number of nitriles is 1. The van der Waals surface area contributed by atoms with Crippen molar-refractivity contribution in [2.24, 2.45) is 0 Å². The molecule has 7 nitrogen and oxygen atoms in total. The highest BCUT2D eigenvalue weighted by Gasteiger charge is 2.25. The van der Waals surface area contributed by atoms with Gasteiger partial charge < -0.3 is 19.8 Å². The number of benzene rings is 2. The number of oxazole rings is 1. The van der Waals surface area contributed by atoms with Crippen LogP contribution < -0.4 is 10.6 Å². The fourth-order valence-electron chi connectivity index (χ4n) is 3.73. The summed E-state index contributed by atoms with van der Waals surface area (Å²) in [5.41, 5.74) is 3.60. The van der Waals surface area contributed by atoms with Gasteiger partial charge in [0.15, 0.2) is 5.58 Å². The van der Waals surface area contributed by atoms with Crippen LogP contribution in [0.5, 0.6) is 0 Å². The van der Waals surface area contributed by atoms with E-state index in [9.17, 15) is 10.1 Å². The summed E-state index contributed by atoms with van der Waals surface area (Å²) in [6.45, 7) is 5.69. The molecule has 1 unspecified atom stereocenters. The van der Waals surface area contributed by atoms with Gasteiger partial charge in [-0.15, -0.1) is 0 Å². The molecular weight excluding hydrogens is 392 g/mol. The molecule has 2 heterocycles. The number of amides is 1. The van der Waals surface area contributed by atoms with Crippen molar-refractivity contribution in [3.8, 4) is 6.07 Å². The Kier molecular flexibility index (Phi) is 6.31. The van der Waals surface area contributed by atoms with E-state index in [1.165, 1.54) is 0 Å². The van der Waals surface area contributed by atoms with Crippen molar-refractivity contribution < 1.29 is 13.9 Å².